The first-order valence-corrected chi connectivity index (χ1v) is 7.86. The number of quaternary nitrogens is 1. The minimum absolute atomic E-state index is 0.215. The number of alkyl halides is 3. The van der Waals surface area contributed by atoms with Crippen LogP contribution in [0.15, 0.2) is 24.3 Å². The molecule has 0 fully saturated rings. The second kappa shape index (κ2) is 9.20. The molecule has 0 aliphatic carbocycles. The second-order valence-electron chi connectivity index (χ2n) is 6.28. The highest BCUT2D eigenvalue weighted by molar-refractivity contribution is 5.96. The molecular weight excluding hydrogens is 333 g/mol. The Kier molecular flexibility index (Phi) is 7.89. The van der Waals surface area contributed by atoms with E-state index in [1.165, 1.54) is 12.1 Å². The van der Waals surface area contributed by atoms with Crippen molar-refractivity contribution in [2.24, 2.45) is 0 Å². The van der Waals surface area contributed by atoms with Gasteiger partial charge in [-0.3, -0.25) is 4.84 Å². The normalized spacial score (nSPS) is 13.6. The summed E-state index contributed by atoms with van der Waals surface area (Å²) < 4.78 is 44.5. The number of ether oxygens (including phenoxy) is 1. The van der Waals surface area contributed by atoms with Gasteiger partial charge in [0.15, 0.2) is 0 Å². The fourth-order valence-corrected chi connectivity index (χ4v) is 2.07. The maximum atomic E-state index is 12.7. The van der Waals surface area contributed by atoms with E-state index in [1.54, 1.807) is 7.11 Å². The Morgan fingerprint density at radius 3 is 2.24 bits per heavy atom. The van der Waals surface area contributed by atoms with Crippen LogP contribution in [0.1, 0.15) is 24.0 Å². The van der Waals surface area contributed by atoms with Gasteiger partial charge in [-0.15, -0.1) is 0 Å². The number of halogens is 3. The molecule has 138 valence electrons. The predicted molar refractivity (Wildman–Crippen MR) is 88.5 cm³/mol. The average molecular weight is 358 g/mol. The molecule has 0 bridgehead atoms. The molecule has 0 spiro atoms. The van der Waals surface area contributed by atoms with E-state index in [4.69, 9.17) is 23.7 Å². The summed E-state index contributed by atoms with van der Waals surface area (Å²) >= 11 is 0. The van der Waals surface area contributed by atoms with E-state index in [1.807, 2.05) is 14.1 Å². The lowest BCUT2D eigenvalue weighted by Gasteiger charge is -2.20. The van der Waals surface area contributed by atoms with Crippen molar-refractivity contribution in [1.29, 1.82) is 0 Å². The van der Waals surface area contributed by atoms with E-state index in [-0.39, 0.29) is 11.1 Å². The van der Waals surface area contributed by atoms with E-state index < -0.39 is 11.7 Å². The third-order valence-electron chi connectivity index (χ3n) is 3.47. The van der Waals surface area contributed by atoms with Crippen LogP contribution in [-0.4, -0.2) is 55.9 Å². The quantitative estimate of drug-likeness (QED) is 0.169. The standard InChI is InChI=1S/C18H25F3N2O2/c1-22(25-14-12-23(2,3)4)17(7-6-13-24-5)15-8-10-16(11-9-15)18(19,20)21/h1-2,8-11H,6-7,12-14H2,3-5H3/q+2/b22-17+. The van der Waals surface area contributed by atoms with Crippen LogP contribution < -0.4 is 0 Å². The fraction of sp³-hybridized carbons (Fsp3) is 0.500. The number of nitrogens with zero attached hydrogens (tertiary/aromatic N) is 2. The van der Waals surface area contributed by atoms with Crippen molar-refractivity contribution in [2.45, 2.75) is 19.0 Å². The second-order valence-corrected chi connectivity index (χ2v) is 6.28. The molecule has 0 atom stereocenters. The molecule has 0 heterocycles. The van der Waals surface area contributed by atoms with E-state index >= 15 is 0 Å². The molecule has 0 amide bonds. The molecule has 1 aromatic carbocycles. The van der Waals surface area contributed by atoms with Gasteiger partial charge in [0.05, 0.1) is 19.7 Å². The molecular formula is C18H25F3N2O2+2. The van der Waals surface area contributed by atoms with E-state index in [0.29, 0.717) is 37.3 Å². The number of methoxy groups -OCH3 is 1. The van der Waals surface area contributed by atoms with Crippen molar-refractivity contribution >= 4 is 5.71 Å². The van der Waals surface area contributed by atoms with Crippen molar-refractivity contribution in [3.05, 3.63) is 49.5 Å². The summed E-state index contributed by atoms with van der Waals surface area (Å²) in [7, 11) is 17.0. The molecule has 4 nitrogen and oxygen atoms in total. The van der Waals surface area contributed by atoms with Gasteiger partial charge >= 0.3 is 13.2 Å². The van der Waals surface area contributed by atoms with Gasteiger partial charge in [-0.25, -0.2) is 0 Å². The highest BCUT2D eigenvalue weighted by Gasteiger charge is 2.30. The van der Waals surface area contributed by atoms with Crippen LogP contribution in [0, 0.1) is 14.1 Å². The average Bonchev–Trinajstić information content (AvgIpc) is 2.49. The lowest BCUT2D eigenvalue weighted by Crippen LogP contribution is -2.36. The van der Waals surface area contributed by atoms with Gasteiger partial charge in [0.25, 0.3) is 0 Å². The summed E-state index contributed by atoms with van der Waals surface area (Å²) in [5.74, 6) is 0. The van der Waals surface area contributed by atoms with Crippen molar-refractivity contribution in [3.8, 4) is 0 Å². The number of hydroxylamine groups is 1. The summed E-state index contributed by atoms with van der Waals surface area (Å²) in [6, 6.07) is 4.83. The molecule has 0 N–H and O–H groups in total. The van der Waals surface area contributed by atoms with Gasteiger partial charge in [0, 0.05) is 25.7 Å². The molecule has 0 aromatic heterocycles. The van der Waals surface area contributed by atoms with E-state index in [9.17, 15) is 13.2 Å². The molecule has 0 aliphatic heterocycles. The number of hydrogen-bond donors (Lipinski definition) is 0. The van der Waals surface area contributed by atoms with Crippen LogP contribution in [0.4, 0.5) is 13.2 Å². The Morgan fingerprint density at radius 2 is 1.76 bits per heavy atom. The van der Waals surface area contributed by atoms with Gasteiger partial charge in [-0.1, -0.05) is 0 Å². The lowest BCUT2D eigenvalue weighted by molar-refractivity contribution is -0.856. The maximum absolute atomic E-state index is 12.7. The van der Waals surface area contributed by atoms with Crippen LogP contribution >= 0.6 is 0 Å². The fourth-order valence-electron chi connectivity index (χ4n) is 2.07. The Balaban J connectivity index is 2.96. The summed E-state index contributed by atoms with van der Waals surface area (Å²) in [6.45, 7) is 1.30. The SMILES string of the molecule is [CH]/[N+](OCC[N+]([CH])(C)C)=C(/CCCOC)c1ccc(C(F)(F)F)cc1. The van der Waals surface area contributed by atoms with Crippen LogP contribution in [0.25, 0.3) is 0 Å². The lowest BCUT2D eigenvalue weighted by atomic mass is 10.0. The number of hydrogen-bond acceptors (Lipinski definition) is 2. The smallest absolute Gasteiger partial charge is 0.385 e. The number of benzene rings is 1. The Hall–Kier alpha value is -1.60. The maximum Gasteiger partial charge on any atom is 0.416 e. The van der Waals surface area contributed by atoms with Crippen molar-refractivity contribution in [3.63, 3.8) is 0 Å². The zero-order chi connectivity index (χ0) is 19.1. The van der Waals surface area contributed by atoms with Gasteiger partial charge in [0.2, 0.25) is 19.4 Å². The van der Waals surface area contributed by atoms with Gasteiger partial charge in [-0.05, 0) is 35.4 Å². The summed E-state index contributed by atoms with van der Waals surface area (Å²) in [6.07, 6.45) is -3.22. The Labute approximate surface area is 148 Å². The zero-order valence-corrected chi connectivity index (χ0v) is 14.8. The molecule has 25 heavy (non-hydrogen) atoms. The van der Waals surface area contributed by atoms with E-state index in [2.05, 4.69) is 0 Å². The van der Waals surface area contributed by atoms with Gasteiger partial charge in [0.1, 0.15) is 6.54 Å². The van der Waals surface area contributed by atoms with Gasteiger partial charge < -0.3 is 9.22 Å². The summed E-state index contributed by atoms with van der Waals surface area (Å²) in [5.41, 5.74) is 0.431. The zero-order valence-electron chi connectivity index (χ0n) is 14.8. The highest BCUT2D eigenvalue weighted by Crippen LogP contribution is 2.29. The molecule has 7 heteroatoms. The number of likely N-dealkylation sites (N-methyl/N-ethyl adjacent to an activating group) is 1. The number of rotatable bonds is 9. The topological polar surface area (TPSA) is 21.5 Å². The van der Waals surface area contributed by atoms with E-state index in [0.717, 1.165) is 16.9 Å². The Morgan fingerprint density at radius 1 is 1.16 bits per heavy atom. The Bertz CT molecular complexity index is 561. The van der Waals surface area contributed by atoms with Crippen molar-refractivity contribution in [1.82, 2.24) is 0 Å². The summed E-state index contributed by atoms with van der Waals surface area (Å²) in [5, 5.41) is 0. The predicted octanol–water partition coefficient (Wildman–Crippen LogP) is 3.28. The largest absolute Gasteiger partial charge is 0.416 e. The molecule has 4 radical (unpaired) electrons. The first-order chi connectivity index (χ1) is 11.5. The first kappa shape index (κ1) is 21.4. The van der Waals surface area contributed by atoms with Crippen molar-refractivity contribution in [2.75, 3.05) is 41.0 Å². The monoisotopic (exact) mass is 358 g/mol. The highest BCUT2D eigenvalue weighted by atomic mass is 19.4. The third kappa shape index (κ3) is 7.88. The minimum atomic E-state index is -4.38. The molecule has 0 saturated heterocycles. The van der Waals surface area contributed by atoms with Crippen LogP contribution in [0.3, 0.4) is 0 Å². The van der Waals surface area contributed by atoms with Crippen LogP contribution in [0.2, 0.25) is 0 Å². The summed E-state index contributed by atoms with van der Waals surface area (Å²) in [4.78, 5) is 5.48. The van der Waals surface area contributed by atoms with Crippen LogP contribution in [0.5, 0.6) is 0 Å². The van der Waals surface area contributed by atoms with Crippen LogP contribution in [-0.2, 0) is 15.8 Å². The van der Waals surface area contributed by atoms with Gasteiger partial charge in [-0.2, -0.15) is 13.2 Å². The third-order valence-corrected chi connectivity index (χ3v) is 3.47. The molecule has 1 aromatic rings. The molecule has 1 rings (SSSR count). The van der Waals surface area contributed by atoms with Crippen molar-refractivity contribution < 1.29 is 32.0 Å². The molecule has 0 saturated carbocycles. The minimum Gasteiger partial charge on any atom is -0.385 e. The molecule has 0 unspecified atom stereocenters. The molecule has 0 aliphatic rings. The first-order valence-electron chi connectivity index (χ1n) is 7.86.